The summed E-state index contributed by atoms with van der Waals surface area (Å²) in [5.74, 6) is -0.00811. The lowest BCUT2D eigenvalue weighted by atomic mass is 10.3. The van der Waals surface area contributed by atoms with Crippen molar-refractivity contribution in [1.82, 2.24) is 15.0 Å². The van der Waals surface area contributed by atoms with Crippen LogP contribution in [0.3, 0.4) is 0 Å². The van der Waals surface area contributed by atoms with Crippen molar-refractivity contribution in [1.29, 1.82) is 0 Å². The second-order valence-corrected chi connectivity index (χ2v) is 2.84. The first-order valence-electron chi connectivity index (χ1n) is 4.10. The molecule has 2 aromatic rings. The number of rotatable bonds is 2. The maximum Gasteiger partial charge on any atom is 0.225 e. The molecular formula is C9H8N4O. The highest BCUT2D eigenvalue weighted by molar-refractivity contribution is 5.77. The van der Waals surface area contributed by atoms with Crippen LogP contribution in [0.2, 0.25) is 0 Å². The van der Waals surface area contributed by atoms with Crippen LogP contribution in [0.4, 0.5) is 0 Å². The monoisotopic (exact) mass is 188 g/mol. The van der Waals surface area contributed by atoms with Gasteiger partial charge in [0.1, 0.15) is 11.3 Å². The molecule has 0 aliphatic heterocycles. The fourth-order valence-electron chi connectivity index (χ4n) is 1.15. The molecule has 0 aliphatic rings. The maximum atomic E-state index is 10.6. The van der Waals surface area contributed by atoms with Crippen molar-refractivity contribution in [3.63, 3.8) is 0 Å². The summed E-state index contributed by atoms with van der Waals surface area (Å²) in [5, 5.41) is 0. The average Bonchev–Trinajstić information content (AvgIpc) is 2.17. The van der Waals surface area contributed by atoms with Gasteiger partial charge in [-0.3, -0.25) is 9.78 Å². The zero-order valence-corrected chi connectivity index (χ0v) is 7.34. The van der Waals surface area contributed by atoms with E-state index in [1.54, 1.807) is 18.5 Å². The highest BCUT2D eigenvalue weighted by atomic mass is 16.1. The van der Waals surface area contributed by atoms with E-state index in [-0.39, 0.29) is 6.42 Å². The minimum absolute atomic E-state index is 0.0604. The lowest BCUT2D eigenvalue weighted by molar-refractivity contribution is -0.117. The van der Waals surface area contributed by atoms with Gasteiger partial charge in [0.2, 0.25) is 5.91 Å². The number of hydrogen-bond donors (Lipinski definition) is 1. The summed E-state index contributed by atoms with van der Waals surface area (Å²) in [6.07, 6.45) is 3.31. The zero-order valence-electron chi connectivity index (χ0n) is 7.34. The predicted molar refractivity (Wildman–Crippen MR) is 50.2 cm³/mol. The molecular weight excluding hydrogens is 180 g/mol. The number of carbonyl (C=O) groups excluding carboxylic acids is 1. The molecule has 0 saturated carbocycles. The summed E-state index contributed by atoms with van der Waals surface area (Å²) >= 11 is 0. The molecule has 2 N–H and O–H groups in total. The van der Waals surface area contributed by atoms with Gasteiger partial charge in [-0.1, -0.05) is 0 Å². The second-order valence-electron chi connectivity index (χ2n) is 2.84. The molecule has 0 fully saturated rings. The van der Waals surface area contributed by atoms with Crippen molar-refractivity contribution in [2.24, 2.45) is 5.73 Å². The summed E-state index contributed by atoms with van der Waals surface area (Å²) < 4.78 is 0. The van der Waals surface area contributed by atoms with Crippen LogP contribution in [-0.4, -0.2) is 20.9 Å². The minimum atomic E-state index is -0.437. The van der Waals surface area contributed by atoms with Crippen molar-refractivity contribution < 1.29 is 4.79 Å². The van der Waals surface area contributed by atoms with Crippen LogP contribution in [0.5, 0.6) is 0 Å². The molecule has 2 aromatic heterocycles. The third kappa shape index (κ3) is 1.66. The SMILES string of the molecule is NC(=O)Cc1ncc2ncccc2n1. The molecule has 2 rings (SSSR count). The number of fused-ring (bicyclic) bond motifs is 1. The molecule has 0 unspecified atom stereocenters. The topological polar surface area (TPSA) is 81.8 Å². The Hall–Kier alpha value is -2.04. The highest BCUT2D eigenvalue weighted by Gasteiger charge is 2.02. The van der Waals surface area contributed by atoms with Gasteiger partial charge in [0.05, 0.1) is 18.1 Å². The lowest BCUT2D eigenvalue weighted by Crippen LogP contribution is -2.15. The quantitative estimate of drug-likeness (QED) is 0.722. The van der Waals surface area contributed by atoms with Crippen LogP contribution in [0.1, 0.15) is 5.82 Å². The highest BCUT2D eigenvalue weighted by Crippen LogP contribution is 2.06. The first-order valence-corrected chi connectivity index (χ1v) is 4.10. The van der Waals surface area contributed by atoms with E-state index in [0.717, 1.165) is 5.52 Å². The van der Waals surface area contributed by atoms with Gasteiger partial charge in [-0.05, 0) is 12.1 Å². The molecule has 2 heterocycles. The molecule has 70 valence electrons. The van der Waals surface area contributed by atoms with Crippen molar-refractivity contribution in [2.45, 2.75) is 6.42 Å². The Balaban J connectivity index is 2.46. The Bertz CT molecular complexity index is 483. The lowest BCUT2D eigenvalue weighted by Gasteiger charge is -1.98. The molecule has 1 amide bonds. The van der Waals surface area contributed by atoms with Crippen LogP contribution in [0.15, 0.2) is 24.5 Å². The average molecular weight is 188 g/mol. The Labute approximate surface area is 80.0 Å². The van der Waals surface area contributed by atoms with Crippen LogP contribution in [0, 0.1) is 0 Å². The molecule has 0 atom stereocenters. The van der Waals surface area contributed by atoms with Gasteiger partial charge in [-0.25, -0.2) is 9.97 Å². The maximum absolute atomic E-state index is 10.6. The first kappa shape index (κ1) is 8.55. The number of nitrogens with two attached hydrogens (primary N) is 1. The molecule has 14 heavy (non-hydrogen) atoms. The number of pyridine rings is 1. The van der Waals surface area contributed by atoms with E-state index in [1.165, 1.54) is 0 Å². The van der Waals surface area contributed by atoms with E-state index in [1.807, 2.05) is 6.07 Å². The van der Waals surface area contributed by atoms with Gasteiger partial charge in [-0.15, -0.1) is 0 Å². The number of carbonyl (C=O) groups is 1. The molecule has 0 aromatic carbocycles. The standard InChI is InChI=1S/C9H8N4O/c10-8(14)4-9-12-5-7-6(13-9)2-1-3-11-7/h1-3,5H,4H2,(H2,10,14). The molecule has 5 heteroatoms. The van der Waals surface area contributed by atoms with Crippen LogP contribution in [0.25, 0.3) is 11.0 Å². The largest absolute Gasteiger partial charge is 0.369 e. The smallest absolute Gasteiger partial charge is 0.225 e. The number of aromatic nitrogens is 3. The Morgan fingerprint density at radius 2 is 2.21 bits per heavy atom. The van der Waals surface area contributed by atoms with E-state index < -0.39 is 5.91 Å². The van der Waals surface area contributed by atoms with Crippen molar-refractivity contribution in [2.75, 3.05) is 0 Å². The summed E-state index contributed by atoms with van der Waals surface area (Å²) in [6, 6.07) is 3.60. The first-order chi connectivity index (χ1) is 6.75. The van der Waals surface area contributed by atoms with Crippen LogP contribution >= 0.6 is 0 Å². The molecule has 0 saturated heterocycles. The van der Waals surface area contributed by atoms with E-state index in [4.69, 9.17) is 5.73 Å². The Morgan fingerprint density at radius 1 is 1.36 bits per heavy atom. The molecule has 0 spiro atoms. The molecule has 0 bridgehead atoms. The summed E-state index contributed by atoms with van der Waals surface area (Å²) in [7, 11) is 0. The van der Waals surface area contributed by atoms with Crippen molar-refractivity contribution in [3.05, 3.63) is 30.4 Å². The molecule has 5 nitrogen and oxygen atoms in total. The summed E-state index contributed by atoms with van der Waals surface area (Å²) in [5.41, 5.74) is 6.46. The number of nitrogens with zero attached hydrogens (tertiary/aromatic N) is 3. The van der Waals surface area contributed by atoms with E-state index in [0.29, 0.717) is 11.3 Å². The molecule has 0 radical (unpaired) electrons. The summed E-state index contributed by atoms with van der Waals surface area (Å²) in [4.78, 5) is 22.8. The van der Waals surface area contributed by atoms with Gasteiger partial charge in [-0.2, -0.15) is 0 Å². The fraction of sp³-hybridized carbons (Fsp3) is 0.111. The minimum Gasteiger partial charge on any atom is -0.369 e. The second kappa shape index (κ2) is 3.37. The van der Waals surface area contributed by atoms with E-state index in [9.17, 15) is 4.79 Å². The Kier molecular flexibility index (Phi) is 2.06. The van der Waals surface area contributed by atoms with E-state index in [2.05, 4.69) is 15.0 Å². The molecule has 0 aliphatic carbocycles. The van der Waals surface area contributed by atoms with Gasteiger partial charge >= 0.3 is 0 Å². The van der Waals surface area contributed by atoms with Crippen molar-refractivity contribution in [3.8, 4) is 0 Å². The van der Waals surface area contributed by atoms with Gasteiger partial charge < -0.3 is 5.73 Å². The third-order valence-electron chi connectivity index (χ3n) is 1.73. The summed E-state index contributed by atoms with van der Waals surface area (Å²) in [6.45, 7) is 0. The van der Waals surface area contributed by atoms with Crippen LogP contribution in [-0.2, 0) is 11.2 Å². The van der Waals surface area contributed by atoms with Crippen LogP contribution < -0.4 is 5.73 Å². The Morgan fingerprint density at radius 3 is 3.00 bits per heavy atom. The van der Waals surface area contributed by atoms with Gasteiger partial charge in [0.15, 0.2) is 0 Å². The number of amides is 1. The zero-order chi connectivity index (χ0) is 9.97. The van der Waals surface area contributed by atoms with Gasteiger partial charge in [0.25, 0.3) is 0 Å². The predicted octanol–water partition coefficient (Wildman–Crippen LogP) is 0.0526. The normalized spacial score (nSPS) is 10.3. The number of primary amides is 1. The third-order valence-corrected chi connectivity index (χ3v) is 1.73. The van der Waals surface area contributed by atoms with Gasteiger partial charge in [0, 0.05) is 6.20 Å². The van der Waals surface area contributed by atoms with Crippen molar-refractivity contribution >= 4 is 16.9 Å². The van der Waals surface area contributed by atoms with E-state index >= 15 is 0 Å². The fourth-order valence-corrected chi connectivity index (χ4v) is 1.15. The number of hydrogen-bond acceptors (Lipinski definition) is 4.